The van der Waals surface area contributed by atoms with Gasteiger partial charge in [-0.05, 0) is 40.5 Å². The second-order valence-electron chi connectivity index (χ2n) is 10.1. The highest BCUT2D eigenvalue weighted by atomic mass is 16.5. The largest absolute Gasteiger partial charge is 0.480 e. The van der Waals surface area contributed by atoms with Gasteiger partial charge in [0.25, 0.3) is 0 Å². The van der Waals surface area contributed by atoms with Crippen LogP contribution < -0.4 is 5.32 Å². The number of rotatable bonds is 11. The van der Waals surface area contributed by atoms with Crippen LogP contribution in [-0.4, -0.2) is 54.2 Å². The summed E-state index contributed by atoms with van der Waals surface area (Å²) < 4.78 is 5.61. The average Bonchev–Trinajstić information content (AvgIpc) is 3.59. The van der Waals surface area contributed by atoms with Crippen molar-refractivity contribution in [3.63, 3.8) is 0 Å². The lowest BCUT2D eigenvalue weighted by Crippen LogP contribution is -2.45. The average molecular weight is 479 g/mol. The molecule has 7 nitrogen and oxygen atoms in total. The molecule has 0 bridgehead atoms. The van der Waals surface area contributed by atoms with Gasteiger partial charge in [0.1, 0.15) is 13.2 Å². The third-order valence-electron chi connectivity index (χ3n) is 6.72. The van der Waals surface area contributed by atoms with Gasteiger partial charge in [-0.3, -0.25) is 9.59 Å². The predicted molar refractivity (Wildman–Crippen MR) is 133 cm³/mol. The molecule has 2 amide bonds. The molecule has 4 rings (SSSR count). The summed E-state index contributed by atoms with van der Waals surface area (Å²) in [6.07, 6.45) is 2.22. The minimum Gasteiger partial charge on any atom is -0.480 e. The standard InChI is InChI=1S/C28H34N2O5/c1-18(2)15-30(16-26(31)32)27(33)20(13-19-11-12-19)14-29-28(34)35-17-25-23-9-5-3-7-21(23)22-8-4-6-10-24(22)25/h3-10,18-20,25H,11-17H2,1-2H3,(H,29,34)(H,31,32). The number of fused-ring (bicyclic) bond motifs is 3. The molecule has 1 atom stereocenters. The van der Waals surface area contributed by atoms with Gasteiger partial charge in [0.05, 0.1) is 5.92 Å². The fourth-order valence-electron chi connectivity index (χ4n) is 4.98. The topological polar surface area (TPSA) is 95.9 Å². The van der Waals surface area contributed by atoms with E-state index in [0.717, 1.165) is 35.1 Å². The van der Waals surface area contributed by atoms with E-state index in [1.807, 2.05) is 38.1 Å². The lowest BCUT2D eigenvalue weighted by molar-refractivity contribution is -0.146. The van der Waals surface area contributed by atoms with Gasteiger partial charge < -0.3 is 20.1 Å². The number of hydrogen-bond donors (Lipinski definition) is 2. The van der Waals surface area contributed by atoms with Gasteiger partial charge in [0.15, 0.2) is 0 Å². The predicted octanol–water partition coefficient (Wildman–Crippen LogP) is 4.51. The number of aliphatic carboxylic acids is 1. The van der Waals surface area contributed by atoms with Crippen molar-refractivity contribution < 1.29 is 24.2 Å². The molecule has 0 saturated heterocycles. The molecule has 2 aliphatic carbocycles. The zero-order valence-electron chi connectivity index (χ0n) is 20.4. The van der Waals surface area contributed by atoms with E-state index in [1.54, 1.807) is 0 Å². The van der Waals surface area contributed by atoms with Gasteiger partial charge in [0.2, 0.25) is 5.91 Å². The van der Waals surface area contributed by atoms with Gasteiger partial charge in [-0.1, -0.05) is 75.2 Å². The fourth-order valence-corrected chi connectivity index (χ4v) is 4.98. The number of carboxylic acids is 1. The minimum absolute atomic E-state index is 0.0332. The molecule has 1 fully saturated rings. The van der Waals surface area contributed by atoms with Crippen molar-refractivity contribution in [3.8, 4) is 11.1 Å². The first kappa shape index (κ1) is 24.8. The molecular weight excluding hydrogens is 444 g/mol. The normalized spacial score (nSPS) is 15.3. The number of ether oxygens (including phenoxy) is 1. The van der Waals surface area contributed by atoms with E-state index in [4.69, 9.17) is 4.74 Å². The Labute approximate surface area is 206 Å². The zero-order valence-corrected chi connectivity index (χ0v) is 20.4. The number of alkyl carbamates (subject to hydrolysis) is 1. The molecule has 0 aliphatic heterocycles. The highest BCUT2D eigenvalue weighted by molar-refractivity contribution is 5.84. The summed E-state index contributed by atoms with van der Waals surface area (Å²) in [6.45, 7) is 4.29. The second kappa shape index (κ2) is 10.9. The van der Waals surface area contributed by atoms with Crippen LogP contribution in [0, 0.1) is 17.8 Å². The van der Waals surface area contributed by atoms with Crippen LogP contribution >= 0.6 is 0 Å². The molecule has 0 spiro atoms. The van der Waals surface area contributed by atoms with Crippen molar-refractivity contribution in [1.82, 2.24) is 10.2 Å². The Hall–Kier alpha value is -3.35. The number of benzene rings is 2. The van der Waals surface area contributed by atoms with Crippen molar-refractivity contribution in [3.05, 3.63) is 59.7 Å². The Morgan fingerprint density at radius 1 is 1.03 bits per heavy atom. The van der Waals surface area contributed by atoms with Gasteiger partial charge in [-0.2, -0.15) is 0 Å². The van der Waals surface area contributed by atoms with Crippen LogP contribution in [0.4, 0.5) is 4.79 Å². The van der Waals surface area contributed by atoms with E-state index in [9.17, 15) is 19.5 Å². The van der Waals surface area contributed by atoms with Crippen molar-refractivity contribution in [2.75, 3.05) is 26.2 Å². The fraction of sp³-hybridized carbons (Fsp3) is 0.464. The number of carbonyl (C=O) groups is 3. The van der Waals surface area contributed by atoms with E-state index >= 15 is 0 Å². The molecule has 2 aliphatic rings. The molecule has 35 heavy (non-hydrogen) atoms. The first-order valence-electron chi connectivity index (χ1n) is 12.4. The first-order valence-corrected chi connectivity index (χ1v) is 12.4. The van der Waals surface area contributed by atoms with Crippen molar-refractivity contribution >= 4 is 18.0 Å². The number of amides is 2. The lowest BCUT2D eigenvalue weighted by atomic mass is 9.98. The summed E-state index contributed by atoms with van der Waals surface area (Å²) in [5.41, 5.74) is 4.61. The number of nitrogens with zero attached hydrogens (tertiary/aromatic N) is 1. The quantitative estimate of drug-likeness (QED) is 0.495. The lowest BCUT2D eigenvalue weighted by Gasteiger charge is -2.27. The SMILES string of the molecule is CC(C)CN(CC(=O)O)C(=O)C(CNC(=O)OCC1c2ccccc2-c2ccccc21)CC1CC1. The summed E-state index contributed by atoms with van der Waals surface area (Å²) in [4.78, 5) is 38.6. The Morgan fingerprint density at radius 3 is 2.17 bits per heavy atom. The maximum Gasteiger partial charge on any atom is 0.407 e. The molecule has 1 saturated carbocycles. The molecule has 2 aromatic carbocycles. The third-order valence-corrected chi connectivity index (χ3v) is 6.72. The van der Waals surface area contributed by atoms with Crippen LogP contribution in [0.3, 0.4) is 0 Å². The molecule has 0 aromatic heterocycles. The highest BCUT2D eigenvalue weighted by Gasteiger charge is 2.33. The van der Waals surface area contributed by atoms with Crippen molar-refractivity contribution in [2.45, 2.75) is 39.0 Å². The van der Waals surface area contributed by atoms with Gasteiger partial charge in [-0.15, -0.1) is 0 Å². The van der Waals surface area contributed by atoms with Crippen LogP contribution in [0.25, 0.3) is 11.1 Å². The second-order valence-corrected chi connectivity index (χ2v) is 10.1. The van der Waals surface area contributed by atoms with E-state index < -0.39 is 18.0 Å². The smallest absolute Gasteiger partial charge is 0.407 e. The number of nitrogens with one attached hydrogen (secondary N) is 1. The van der Waals surface area contributed by atoms with Crippen molar-refractivity contribution in [2.24, 2.45) is 17.8 Å². The molecule has 0 radical (unpaired) electrons. The van der Waals surface area contributed by atoms with Crippen molar-refractivity contribution in [1.29, 1.82) is 0 Å². The number of carboxylic acid groups (broad SMARTS) is 1. The highest BCUT2D eigenvalue weighted by Crippen LogP contribution is 2.44. The van der Waals surface area contributed by atoms with Crippen LogP contribution in [-0.2, 0) is 14.3 Å². The Bertz CT molecular complexity index is 1030. The molecule has 7 heteroatoms. The van der Waals surface area contributed by atoms with Crippen LogP contribution in [0.2, 0.25) is 0 Å². The number of carbonyl (C=O) groups excluding carboxylic acids is 2. The third kappa shape index (κ3) is 6.21. The monoisotopic (exact) mass is 478 g/mol. The Morgan fingerprint density at radius 2 is 1.63 bits per heavy atom. The molecule has 2 aromatic rings. The number of hydrogen-bond acceptors (Lipinski definition) is 4. The summed E-state index contributed by atoms with van der Waals surface area (Å²) in [7, 11) is 0. The molecule has 0 heterocycles. The first-order chi connectivity index (χ1) is 16.8. The van der Waals surface area contributed by atoms with Gasteiger partial charge in [-0.25, -0.2) is 4.79 Å². The van der Waals surface area contributed by atoms with E-state index in [1.165, 1.54) is 4.90 Å². The van der Waals surface area contributed by atoms with Crippen LogP contribution in [0.5, 0.6) is 0 Å². The molecule has 2 N–H and O–H groups in total. The molecule has 1 unspecified atom stereocenters. The Kier molecular flexibility index (Phi) is 7.73. The van der Waals surface area contributed by atoms with Gasteiger partial charge >= 0.3 is 12.1 Å². The van der Waals surface area contributed by atoms with Crippen LogP contribution in [0.15, 0.2) is 48.5 Å². The summed E-state index contributed by atoms with van der Waals surface area (Å²) in [5.74, 6) is -1.13. The summed E-state index contributed by atoms with van der Waals surface area (Å²) >= 11 is 0. The van der Waals surface area contributed by atoms with E-state index in [2.05, 4.69) is 29.6 Å². The maximum atomic E-state index is 13.2. The van der Waals surface area contributed by atoms with Gasteiger partial charge in [0, 0.05) is 19.0 Å². The van der Waals surface area contributed by atoms with E-state index in [-0.39, 0.29) is 37.4 Å². The maximum absolute atomic E-state index is 13.2. The molecule has 186 valence electrons. The van der Waals surface area contributed by atoms with Crippen LogP contribution in [0.1, 0.15) is 50.2 Å². The Balaban J connectivity index is 1.37. The summed E-state index contributed by atoms with van der Waals surface area (Å²) in [5, 5.41) is 12.0. The minimum atomic E-state index is -1.03. The summed E-state index contributed by atoms with van der Waals surface area (Å²) in [6, 6.07) is 16.3. The van der Waals surface area contributed by atoms with E-state index in [0.29, 0.717) is 18.9 Å². The molecular formula is C28H34N2O5. The zero-order chi connectivity index (χ0) is 24.9.